The summed E-state index contributed by atoms with van der Waals surface area (Å²) in [5.41, 5.74) is 17.8. The Morgan fingerprint density at radius 3 is 0.624 bits per heavy atom. The average Bonchev–Trinajstić information content (AvgIpc) is 1.18. The van der Waals surface area contributed by atoms with Crippen LogP contribution in [0, 0.1) is 7.40 Å². The highest BCUT2D eigenvalue weighted by Gasteiger charge is 2.41. The highest BCUT2D eigenvalue weighted by atomic mass is 127. The minimum atomic E-state index is -0.621. The smallest absolute Gasteiger partial charge is 0.135 e. The minimum Gasteiger partial charge on any atom is -0.487 e. The molecule has 0 N–H and O–H groups in total. The SMILES string of the molecule is CC(C)(C)c1ccc(C(c2ccc(OCc3nnn(CCCn4nnc(COc5ccc(C(c6ccc(C(C)(C)C)cc6)(c6ccc(C(C)(C)C)cc6)c6ccc(C(C)(C)C)cc6)cc5)c4I)c3I)cc2)(c2ccc(C(C)(C)C)cc2)c2ccc(C(C)(C)C)cc2)cc1. The summed E-state index contributed by atoms with van der Waals surface area (Å²) >= 11 is 4.69. The van der Waals surface area contributed by atoms with Crippen molar-refractivity contribution < 1.29 is 9.47 Å². The summed E-state index contributed by atoms with van der Waals surface area (Å²) in [4.78, 5) is 0. The summed E-state index contributed by atoms with van der Waals surface area (Å²) in [5.74, 6) is 1.53. The van der Waals surface area contributed by atoms with Gasteiger partial charge in [-0.3, -0.25) is 0 Å². The highest BCUT2D eigenvalue weighted by molar-refractivity contribution is 14.1. The van der Waals surface area contributed by atoms with Gasteiger partial charge in [-0.2, -0.15) is 0 Å². The zero-order valence-electron chi connectivity index (χ0n) is 58.3. The van der Waals surface area contributed by atoms with Gasteiger partial charge in [0.1, 0.15) is 43.5 Å². The Morgan fingerprint density at radius 1 is 0.269 bits per heavy atom. The predicted molar refractivity (Wildman–Crippen MR) is 400 cm³/mol. The van der Waals surface area contributed by atoms with Gasteiger partial charge >= 0.3 is 0 Å². The largest absolute Gasteiger partial charge is 0.487 e. The molecule has 0 atom stereocenters. The van der Waals surface area contributed by atoms with Gasteiger partial charge in [0.25, 0.3) is 0 Å². The standard InChI is InChI=1S/C83H96I2N6O2/c1-76(2,3)56-20-32-62(33-21-56)82(63-34-22-57(23-35-63)77(4,5)6,64-36-24-58(25-37-64)78(7,8)9)68-44-48-70(49-45-68)92-54-72-74(84)90(88-86-72)52-19-53-91-75(85)73(87-89-91)55-93-71-50-46-69(47-51-71)83(65-38-26-59(27-39-65)79(10,11)12,66-40-28-60(29-41-66)80(13,14)15)67-42-30-61(31-43-67)81(16,17)18/h20-51H,19,52-55H2,1-18H3. The van der Waals surface area contributed by atoms with Crippen LogP contribution in [0.15, 0.2) is 194 Å². The van der Waals surface area contributed by atoms with Crippen LogP contribution in [0.3, 0.4) is 0 Å². The maximum absolute atomic E-state index is 6.54. The molecule has 0 radical (unpaired) electrons. The van der Waals surface area contributed by atoms with Crippen LogP contribution in [0.25, 0.3) is 0 Å². The van der Waals surface area contributed by atoms with Crippen molar-refractivity contribution in [2.75, 3.05) is 0 Å². The molecule has 0 bridgehead atoms. The van der Waals surface area contributed by atoms with Crippen molar-refractivity contribution in [2.24, 2.45) is 0 Å². The van der Waals surface area contributed by atoms with Gasteiger partial charge in [-0.05, 0) is 186 Å². The van der Waals surface area contributed by atoms with Gasteiger partial charge in [0, 0.05) is 13.1 Å². The molecule has 484 valence electrons. The summed E-state index contributed by atoms with van der Waals surface area (Å²) < 4.78 is 18.9. The first-order chi connectivity index (χ1) is 43.7. The van der Waals surface area contributed by atoms with Crippen molar-refractivity contribution in [1.29, 1.82) is 0 Å². The maximum Gasteiger partial charge on any atom is 0.135 e. The van der Waals surface area contributed by atoms with E-state index in [1.165, 1.54) is 66.8 Å². The first kappa shape index (κ1) is 68.9. The Balaban J connectivity index is 0.834. The molecule has 0 aliphatic rings. The quantitative estimate of drug-likeness (QED) is 0.0629. The van der Waals surface area contributed by atoms with Crippen molar-refractivity contribution in [3.8, 4) is 11.5 Å². The van der Waals surface area contributed by atoms with E-state index in [4.69, 9.17) is 9.47 Å². The second-order valence-corrected chi connectivity index (χ2v) is 33.6. The van der Waals surface area contributed by atoms with E-state index < -0.39 is 10.8 Å². The van der Waals surface area contributed by atoms with E-state index in [-0.39, 0.29) is 45.7 Å². The van der Waals surface area contributed by atoms with Crippen molar-refractivity contribution >= 4 is 45.2 Å². The van der Waals surface area contributed by atoms with Gasteiger partial charge in [-0.25, -0.2) is 9.36 Å². The molecular weight excluding hydrogens is 1370 g/mol. The molecule has 8 aromatic carbocycles. The number of aromatic nitrogens is 6. The van der Waals surface area contributed by atoms with Gasteiger partial charge in [0.15, 0.2) is 0 Å². The molecule has 2 heterocycles. The Kier molecular flexibility index (Phi) is 19.8. The minimum absolute atomic E-state index is 0.0164. The summed E-state index contributed by atoms with van der Waals surface area (Å²) in [7, 11) is 0. The highest BCUT2D eigenvalue weighted by Crippen LogP contribution is 2.49. The number of nitrogens with zero attached hydrogens (tertiary/aromatic N) is 6. The third-order valence-electron chi connectivity index (χ3n) is 18.6. The molecule has 0 saturated carbocycles. The van der Waals surface area contributed by atoms with Gasteiger partial charge in [-0.15, -0.1) is 10.2 Å². The Labute approximate surface area is 583 Å². The van der Waals surface area contributed by atoms with Crippen LogP contribution in [0.5, 0.6) is 11.5 Å². The number of hydrogen-bond donors (Lipinski definition) is 0. The van der Waals surface area contributed by atoms with Crippen molar-refractivity contribution in [2.45, 2.75) is 201 Å². The lowest BCUT2D eigenvalue weighted by Gasteiger charge is -2.38. The molecule has 0 fully saturated rings. The van der Waals surface area contributed by atoms with Crippen LogP contribution < -0.4 is 9.47 Å². The maximum atomic E-state index is 6.54. The molecule has 0 unspecified atom stereocenters. The van der Waals surface area contributed by atoms with E-state index in [1.807, 2.05) is 9.36 Å². The van der Waals surface area contributed by atoms with E-state index in [1.54, 1.807) is 0 Å². The number of rotatable bonds is 18. The van der Waals surface area contributed by atoms with Crippen molar-refractivity contribution in [3.63, 3.8) is 0 Å². The van der Waals surface area contributed by atoms with Crippen LogP contribution in [-0.2, 0) is 69.6 Å². The Hall–Kier alpha value is -6.90. The fraction of sp³-hybridized carbons (Fsp3) is 0.373. The van der Waals surface area contributed by atoms with Gasteiger partial charge in [0.05, 0.1) is 10.8 Å². The van der Waals surface area contributed by atoms with E-state index in [0.29, 0.717) is 13.1 Å². The van der Waals surface area contributed by atoms with Crippen LogP contribution in [0.2, 0.25) is 0 Å². The molecular formula is C83H96I2N6O2. The van der Waals surface area contributed by atoms with Crippen molar-refractivity contribution in [1.82, 2.24) is 30.0 Å². The second-order valence-electron chi connectivity index (χ2n) is 31.5. The molecule has 2 aromatic heterocycles. The van der Waals surface area contributed by atoms with Gasteiger partial charge in [0.2, 0.25) is 0 Å². The molecule has 10 rings (SSSR count). The fourth-order valence-corrected chi connectivity index (χ4v) is 13.9. The fourth-order valence-electron chi connectivity index (χ4n) is 12.7. The summed E-state index contributed by atoms with van der Waals surface area (Å²) in [5, 5.41) is 18.4. The topological polar surface area (TPSA) is 79.9 Å². The van der Waals surface area contributed by atoms with E-state index in [9.17, 15) is 0 Å². The molecule has 10 aromatic rings. The van der Waals surface area contributed by atoms with Crippen LogP contribution in [0.4, 0.5) is 0 Å². The monoisotopic (exact) mass is 1460 g/mol. The third kappa shape index (κ3) is 14.8. The average molecular weight is 1460 g/mol. The lowest BCUT2D eigenvalue weighted by molar-refractivity contribution is 0.300. The van der Waals surface area contributed by atoms with Crippen LogP contribution in [0.1, 0.15) is 220 Å². The summed E-state index contributed by atoms with van der Waals surface area (Å²) in [6.07, 6.45) is 0.777. The van der Waals surface area contributed by atoms with E-state index in [2.05, 4.69) is 385 Å². The molecule has 0 aliphatic heterocycles. The predicted octanol–water partition coefficient (Wildman–Crippen LogP) is 20.9. The lowest BCUT2D eigenvalue weighted by atomic mass is 9.64. The number of hydrogen-bond acceptors (Lipinski definition) is 6. The van der Waals surface area contributed by atoms with E-state index in [0.717, 1.165) is 47.8 Å². The van der Waals surface area contributed by atoms with Crippen LogP contribution in [-0.4, -0.2) is 30.0 Å². The zero-order valence-corrected chi connectivity index (χ0v) is 62.6. The summed E-state index contributed by atoms with van der Waals surface area (Å²) in [6.45, 7) is 42.9. The molecule has 93 heavy (non-hydrogen) atoms. The zero-order chi connectivity index (χ0) is 67.1. The first-order valence-corrected chi connectivity index (χ1v) is 35.1. The van der Waals surface area contributed by atoms with E-state index >= 15 is 0 Å². The third-order valence-corrected chi connectivity index (χ3v) is 21.0. The number of halogens is 2. The molecule has 8 nitrogen and oxygen atoms in total. The van der Waals surface area contributed by atoms with Crippen molar-refractivity contribution in [3.05, 3.63) is 291 Å². The first-order valence-electron chi connectivity index (χ1n) is 33.0. The molecule has 0 amide bonds. The lowest BCUT2D eigenvalue weighted by Crippen LogP contribution is -2.31. The molecule has 0 spiro atoms. The molecule has 0 saturated heterocycles. The summed E-state index contributed by atoms with van der Waals surface area (Å²) in [6, 6.07) is 73.2. The number of aryl methyl sites for hydroxylation is 2. The van der Waals surface area contributed by atoms with Gasteiger partial charge in [-0.1, -0.05) is 305 Å². The number of benzene rings is 8. The molecule has 0 aliphatic carbocycles. The second kappa shape index (κ2) is 26.7. The Morgan fingerprint density at radius 2 is 0.441 bits per heavy atom. The normalized spacial score (nSPS) is 12.9. The molecule has 10 heteroatoms. The Bertz CT molecular complexity index is 3570. The van der Waals surface area contributed by atoms with Crippen LogP contribution >= 0.6 is 45.2 Å². The number of ether oxygens (including phenoxy) is 2. The van der Waals surface area contributed by atoms with Gasteiger partial charge < -0.3 is 9.47 Å².